The SMILES string of the molecule is COC(=O)C(N)Cc1cc2ccccc2s1. The molecule has 0 amide bonds. The van der Waals surface area contributed by atoms with Gasteiger partial charge in [-0.15, -0.1) is 11.3 Å². The molecular weight excluding hydrogens is 222 g/mol. The lowest BCUT2D eigenvalue weighted by Crippen LogP contribution is -2.33. The highest BCUT2D eigenvalue weighted by atomic mass is 32.1. The molecule has 2 aromatic rings. The Morgan fingerprint density at radius 3 is 2.94 bits per heavy atom. The van der Waals surface area contributed by atoms with E-state index in [0.29, 0.717) is 6.42 Å². The van der Waals surface area contributed by atoms with Gasteiger partial charge in [0.1, 0.15) is 6.04 Å². The summed E-state index contributed by atoms with van der Waals surface area (Å²) in [4.78, 5) is 12.3. The molecule has 1 heterocycles. The molecule has 1 aromatic heterocycles. The molecule has 4 heteroatoms. The highest BCUT2D eigenvalue weighted by Crippen LogP contribution is 2.25. The van der Waals surface area contributed by atoms with Crippen LogP contribution < -0.4 is 5.73 Å². The first-order valence-electron chi connectivity index (χ1n) is 5.01. The Morgan fingerprint density at radius 1 is 1.50 bits per heavy atom. The summed E-state index contributed by atoms with van der Waals surface area (Å²) in [7, 11) is 1.35. The predicted molar refractivity (Wildman–Crippen MR) is 65.5 cm³/mol. The fourth-order valence-corrected chi connectivity index (χ4v) is 2.71. The second-order valence-corrected chi connectivity index (χ2v) is 4.75. The van der Waals surface area contributed by atoms with E-state index >= 15 is 0 Å². The van der Waals surface area contributed by atoms with Crippen molar-refractivity contribution in [3.63, 3.8) is 0 Å². The summed E-state index contributed by atoms with van der Waals surface area (Å²) < 4.78 is 5.82. The average Bonchev–Trinajstić information content (AvgIpc) is 2.69. The van der Waals surface area contributed by atoms with Crippen LogP contribution >= 0.6 is 11.3 Å². The molecular formula is C12H13NO2S. The molecule has 1 unspecified atom stereocenters. The van der Waals surface area contributed by atoms with Crippen molar-refractivity contribution >= 4 is 27.4 Å². The van der Waals surface area contributed by atoms with Crippen LogP contribution in [0.15, 0.2) is 30.3 Å². The third-order valence-electron chi connectivity index (χ3n) is 2.40. The van der Waals surface area contributed by atoms with Gasteiger partial charge < -0.3 is 10.5 Å². The lowest BCUT2D eigenvalue weighted by Gasteiger charge is -2.06. The van der Waals surface area contributed by atoms with Gasteiger partial charge in [-0.05, 0) is 17.5 Å². The first-order chi connectivity index (χ1) is 7.70. The number of rotatable bonds is 3. The van der Waals surface area contributed by atoms with E-state index in [0.717, 1.165) is 4.88 Å². The number of nitrogens with two attached hydrogens (primary N) is 1. The minimum Gasteiger partial charge on any atom is -0.468 e. The monoisotopic (exact) mass is 235 g/mol. The molecule has 3 nitrogen and oxygen atoms in total. The van der Waals surface area contributed by atoms with Crippen molar-refractivity contribution in [1.29, 1.82) is 0 Å². The number of hydrogen-bond acceptors (Lipinski definition) is 4. The second kappa shape index (κ2) is 4.63. The minimum atomic E-state index is -0.571. The molecule has 0 saturated carbocycles. The summed E-state index contributed by atoms with van der Waals surface area (Å²) in [5.74, 6) is -0.363. The molecule has 16 heavy (non-hydrogen) atoms. The molecule has 0 bridgehead atoms. The number of carbonyl (C=O) groups is 1. The first-order valence-corrected chi connectivity index (χ1v) is 5.83. The van der Waals surface area contributed by atoms with Gasteiger partial charge >= 0.3 is 5.97 Å². The third kappa shape index (κ3) is 2.23. The standard InChI is InChI=1S/C12H13NO2S/c1-15-12(14)10(13)7-9-6-8-4-2-3-5-11(8)16-9/h2-6,10H,7,13H2,1H3. The first kappa shape index (κ1) is 11.1. The smallest absolute Gasteiger partial charge is 0.323 e. The Labute approximate surface area is 97.8 Å². The van der Waals surface area contributed by atoms with Crippen LogP contribution in [0.1, 0.15) is 4.88 Å². The van der Waals surface area contributed by atoms with Gasteiger partial charge in [0.25, 0.3) is 0 Å². The van der Waals surface area contributed by atoms with Gasteiger partial charge in [-0.25, -0.2) is 0 Å². The Balaban J connectivity index is 2.18. The lowest BCUT2D eigenvalue weighted by atomic mass is 10.2. The number of ether oxygens (including phenoxy) is 1. The highest BCUT2D eigenvalue weighted by molar-refractivity contribution is 7.19. The van der Waals surface area contributed by atoms with Crippen molar-refractivity contribution in [1.82, 2.24) is 0 Å². The Bertz CT molecular complexity index is 473. The maximum Gasteiger partial charge on any atom is 0.323 e. The Morgan fingerprint density at radius 2 is 2.25 bits per heavy atom. The van der Waals surface area contributed by atoms with Gasteiger partial charge in [0, 0.05) is 16.0 Å². The number of esters is 1. The zero-order valence-corrected chi connectivity index (χ0v) is 9.79. The topological polar surface area (TPSA) is 52.3 Å². The van der Waals surface area contributed by atoms with Crippen molar-refractivity contribution in [3.8, 4) is 0 Å². The van der Waals surface area contributed by atoms with Crippen LogP contribution in [0.25, 0.3) is 10.1 Å². The van der Waals surface area contributed by atoms with E-state index in [1.54, 1.807) is 11.3 Å². The van der Waals surface area contributed by atoms with Crippen molar-refractivity contribution < 1.29 is 9.53 Å². The van der Waals surface area contributed by atoms with Crippen molar-refractivity contribution in [2.24, 2.45) is 5.73 Å². The summed E-state index contributed by atoms with van der Waals surface area (Å²) >= 11 is 1.67. The van der Waals surface area contributed by atoms with Gasteiger partial charge in [-0.2, -0.15) is 0 Å². The number of carbonyl (C=O) groups excluding carboxylic acids is 1. The number of fused-ring (bicyclic) bond motifs is 1. The Kier molecular flexibility index (Phi) is 3.22. The highest BCUT2D eigenvalue weighted by Gasteiger charge is 2.15. The molecule has 0 aliphatic rings. The number of methoxy groups -OCH3 is 1. The van der Waals surface area contributed by atoms with Gasteiger partial charge in [0.15, 0.2) is 0 Å². The molecule has 0 fully saturated rings. The van der Waals surface area contributed by atoms with Crippen LogP contribution in [0.4, 0.5) is 0 Å². The predicted octanol–water partition coefficient (Wildman–Crippen LogP) is 1.94. The molecule has 0 radical (unpaired) electrons. The zero-order chi connectivity index (χ0) is 11.5. The lowest BCUT2D eigenvalue weighted by molar-refractivity contribution is -0.142. The molecule has 0 spiro atoms. The van der Waals surface area contributed by atoms with Crippen LogP contribution in [0.2, 0.25) is 0 Å². The molecule has 0 aliphatic carbocycles. The van der Waals surface area contributed by atoms with E-state index in [9.17, 15) is 4.79 Å². The maximum absolute atomic E-state index is 11.2. The van der Waals surface area contributed by atoms with E-state index in [4.69, 9.17) is 5.73 Å². The number of hydrogen-bond donors (Lipinski definition) is 1. The summed E-state index contributed by atoms with van der Waals surface area (Å²) in [5, 5.41) is 1.19. The van der Waals surface area contributed by atoms with Crippen molar-refractivity contribution in [3.05, 3.63) is 35.2 Å². The van der Waals surface area contributed by atoms with Crippen LogP contribution in [0, 0.1) is 0 Å². The van der Waals surface area contributed by atoms with Crippen LogP contribution in [0.5, 0.6) is 0 Å². The van der Waals surface area contributed by atoms with E-state index in [-0.39, 0.29) is 5.97 Å². The quantitative estimate of drug-likeness (QED) is 0.827. The maximum atomic E-state index is 11.2. The largest absolute Gasteiger partial charge is 0.468 e. The molecule has 0 aliphatic heterocycles. The van der Waals surface area contributed by atoms with Gasteiger partial charge in [-0.1, -0.05) is 18.2 Å². The van der Waals surface area contributed by atoms with E-state index in [1.165, 1.54) is 17.2 Å². The normalized spacial score (nSPS) is 12.6. The van der Waals surface area contributed by atoms with E-state index in [1.807, 2.05) is 12.1 Å². The summed E-state index contributed by atoms with van der Waals surface area (Å²) in [6.07, 6.45) is 0.534. The average molecular weight is 235 g/mol. The van der Waals surface area contributed by atoms with Crippen LogP contribution in [0.3, 0.4) is 0 Å². The molecule has 1 aromatic carbocycles. The molecule has 1 atom stereocenters. The fraction of sp³-hybridized carbons (Fsp3) is 0.250. The van der Waals surface area contributed by atoms with Crippen LogP contribution in [-0.2, 0) is 16.0 Å². The molecule has 2 N–H and O–H groups in total. The fourth-order valence-electron chi connectivity index (χ4n) is 1.59. The molecule has 0 saturated heterocycles. The second-order valence-electron chi connectivity index (χ2n) is 3.58. The van der Waals surface area contributed by atoms with Gasteiger partial charge in [-0.3, -0.25) is 4.79 Å². The third-order valence-corrected chi connectivity index (χ3v) is 3.54. The van der Waals surface area contributed by atoms with E-state index < -0.39 is 6.04 Å². The molecule has 2 rings (SSSR count). The van der Waals surface area contributed by atoms with Gasteiger partial charge in [0.05, 0.1) is 7.11 Å². The van der Waals surface area contributed by atoms with E-state index in [2.05, 4.69) is 22.9 Å². The van der Waals surface area contributed by atoms with Crippen molar-refractivity contribution in [2.75, 3.05) is 7.11 Å². The summed E-state index contributed by atoms with van der Waals surface area (Å²) in [6, 6.07) is 9.62. The van der Waals surface area contributed by atoms with Gasteiger partial charge in [0.2, 0.25) is 0 Å². The summed E-state index contributed by atoms with van der Waals surface area (Å²) in [6.45, 7) is 0. The Hall–Kier alpha value is -1.39. The number of benzene rings is 1. The summed E-state index contributed by atoms with van der Waals surface area (Å²) in [5.41, 5.74) is 5.71. The molecule has 84 valence electrons. The zero-order valence-electron chi connectivity index (χ0n) is 8.97. The minimum absolute atomic E-state index is 0.363. The number of thiophene rings is 1. The van der Waals surface area contributed by atoms with Crippen molar-refractivity contribution in [2.45, 2.75) is 12.5 Å². The van der Waals surface area contributed by atoms with Crippen LogP contribution in [-0.4, -0.2) is 19.1 Å².